The third kappa shape index (κ3) is 0.581. The van der Waals surface area contributed by atoms with Crippen LogP contribution in [0.4, 0.5) is 0 Å². The molecular formula is C10H17N. The van der Waals surface area contributed by atoms with Crippen molar-refractivity contribution in [1.82, 2.24) is 4.90 Å². The van der Waals surface area contributed by atoms with Crippen molar-refractivity contribution < 1.29 is 0 Å². The highest BCUT2D eigenvalue weighted by atomic mass is 15.3. The third-order valence-electron chi connectivity index (χ3n) is 4.27. The molecule has 3 fully saturated rings. The van der Waals surface area contributed by atoms with Crippen LogP contribution < -0.4 is 0 Å². The van der Waals surface area contributed by atoms with Crippen LogP contribution in [-0.2, 0) is 0 Å². The zero-order valence-corrected chi connectivity index (χ0v) is 7.51. The number of hydrogen-bond donors (Lipinski definition) is 0. The highest BCUT2D eigenvalue weighted by Crippen LogP contribution is 2.70. The minimum Gasteiger partial charge on any atom is -0.297 e. The van der Waals surface area contributed by atoms with Gasteiger partial charge in [-0.3, -0.25) is 4.90 Å². The van der Waals surface area contributed by atoms with Crippen molar-refractivity contribution in [2.75, 3.05) is 6.54 Å². The molecule has 0 amide bonds. The summed E-state index contributed by atoms with van der Waals surface area (Å²) in [6.07, 6.45) is 4.61. The van der Waals surface area contributed by atoms with Gasteiger partial charge in [0.2, 0.25) is 0 Å². The van der Waals surface area contributed by atoms with Crippen molar-refractivity contribution in [1.29, 1.82) is 0 Å². The van der Waals surface area contributed by atoms with Crippen molar-refractivity contribution in [2.24, 2.45) is 11.3 Å². The summed E-state index contributed by atoms with van der Waals surface area (Å²) in [5.41, 5.74) is 0.879. The fourth-order valence-electron chi connectivity index (χ4n) is 3.52. The molecule has 1 nitrogen and oxygen atoms in total. The predicted molar refractivity (Wildman–Crippen MR) is 45.4 cm³/mol. The number of hydrogen-bond acceptors (Lipinski definition) is 1. The first-order chi connectivity index (χ1) is 5.24. The summed E-state index contributed by atoms with van der Waals surface area (Å²) in [5, 5.41) is 0. The second-order valence-electron chi connectivity index (χ2n) is 4.99. The van der Waals surface area contributed by atoms with Gasteiger partial charge in [-0.2, -0.15) is 0 Å². The topological polar surface area (TPSA) is 3.24 Å². The largest absolute Gasteiger partial charge is 0.297 e. The molecule has 3 atom stereocenters. The van der Waals surface area contributed by atoms with Gasteiger partial charge in [0.1, 0.15) is 0 Å². The summed E-state index contributed by atoms with van der Waals surface area (Å²) in [6, 6.07) is 1.80. The van der Waals surface area contributed by atoms with E-state index in [0.29, 0.717) is 0 Å². The summed E-state index contributed by atoms with van der Waals surface area (Å²) in [7, 11) is 0. The molecule has 0 aromatic rings. The first-order valence-corrected chi connectivity index (χ1v) is 5.00. The van der Waals surface area contributed by atoms with E-state index >= 15 is 0 Å². The first kappa shape index (κ1) is 6.47. The first-order valence-electron chi connectivity index (χ1n) is 5.00. The van der Waals surface area contributed by atoms with Gasteiger partial charge in [0.25, 0.3) is 0 Å². The van der Waals surface area contributed by atoms with E-state index in [2.05, 4.69) is 18.7 Å². The quantitative estimate of drug-likeness (QED) is 0.553. The van der Waals surface area contributed by atoms with E-state index in [9.17, 15) is 0 Å². The Bertz CT molecular complexity index is 197. The smallest absolute Gasteiger partial charge is 0.0170 e. The standard InChI is InChI=1S/C10H17N/c1-7(2)11-6-10-5-8(10)3-4-9(10)11/h7-9H,3-6H2,1-2H3. The number of likely N-dealkylation sites (tertiary alicyclic amines) is 1. The van der Waals surface area contributed by atoms with Crippen molar-refractivity contribution in [2.45, 2.75) is 45.2 Å². The molecule has 0 bridgehead atoms. The van der Waals surface area contributed by atoms with Crippen LogP contribution in [0.5, 0.6) is 0 Å². The Morgan fingerprint density at radius 1 is 1.36 bits per heavy atom. The lowest BCUT2D eigenvalue weighted by Crippen LogP contribution is -2.59. The highest BCUT2D eigenvalue weighted by Gasteiger charge is 2.70. The molecule has 62 valence electrons. The fraction of sp³-hybridized carbons (Fsp3) is 1.00. The molecule has 0 radical (unpaired) electrons. The maximum absolute atomic E-state index is 2.70. The van der Waals surface area contributed by atoms with Gasteiger partial charge < -0.3 is 0 Å². The fourth-order valence-corrected chi connectivity index (χ4v) is 3.52. The molecule has 1 saturated heterocycles. The Balaban J connectivity index is 1.79. The highest BCUT2D eigenvalue weighted by molar-refractivity contribution is 5.22. The maximum atomic E-state index is 2.70. The Hall–Kier alpha value is -0.0400. The number of rotatable bonds is 1. The minimum absolute atomic E-state index is 0.796. The molecule has 1 aliphatic heterocycles. The summed E-state index contributed by atoms with van der Waals surface area (Å²) in [6.45, 7) is 6.10. The second kappa shape index (κ2) is 1.66. The average molecular weight is 151 g/mol. The maximum Gasteiger partial charge on any atom is 0.0170 e. The van der Waals surface area contributed by atoms with E-state index in [0.717, 1.165) is 23.4 Å². The molecule has 2 saturated carbocycles. The molecule has 11 heavy (non-hydrogen) atoms. The van der Waals surface area contributed by atoms with Gasteiger partial charge in [0.15, 0.2) is 0 Å². The predicted octanol–water partition coefficient (Wildman–Crippen LogP) is 1.88. The molecule has 1 heterocycles. The molecule has 3 unspecified atom stereocenters. The molecule has 3 rings (SSSR count). The van der Waals surface area contributed by atoms with E-state index in [1.54, 1.807) is 6.42 Å². The van der Waals surface area contributed by atoms with Crippen molar-refractivity contribution in [3.05, 3.63) is 0 Å². The molecule has 1 heteroatoms. The van der Waals surface area contributed by atoms with Crippen LogP contribution in [0.1, 0.15) is 33.1 Å². The second-order valence-corrected chi connectivity index (χ2v) is 4.99. The van der Waals surface area contributed by atoms with E-state index < -0.39 is 0 Å². The van der Waals surface area contributed by atoms with Crippen LogP contribution in [-0.4, -0.2) is 23.5 Å². The van der Waals surface area contributed by atoms with Gasteiger partial charge >= 0.3 is 0 Å². The molecule has 0 N–H and O–H groups in total. The lowest BCUT2D eigenvalue weighted by atomic mass is 9.85. The number of nitrogens with zero attached hydrogens (tertiary/aromatic N) is 1. The van der Waals surface area contributed by atoms with Gasteiger partial charge in [-0.1, -0.05) is 0 Å². The van der Waals surface area contributed by atoms with Crippen LogP contribution in [0.3, 0.4) is 0 Å². The van der Waals surface area contributed by atoms with E-state index in [-0.39, 0.29) is 0 Å². The zero-order valence-electron chi connectivity index (χ0n) is 7.51. The lowest BCUT2D eigenvalue weighted by molar-refractivity contribution is -0.0202. The molecule has 0 aromatic heterocycles. The monoisotopic (exact) mass is 151 g/mol. The lowest BCUT2D eigenvalue weighted by Gasteiger charge is -2.50. The summed E-state index contributed by atoms with van der Waals surface area (Å²) < 4.78 is 0. The molecule has 3 aliphatic rings. The van der Waals surface area contributed by atoms with Crippen molar-refractivity contribution >= 4 is 0 Å². The zero-order chi connectivity index (χ0) is 7.64. The van der Waals surface area contributed by atoms with Crippen LogP contribution in [0, 0.1) is 11.3 Å². The summed E-state index contributed by atoms with van der Waals surface area (Å²) in [4.78, 5) is 2.70. The van der Waals surface area contributed by atoms with Crippen LogP contribution in [0.15, 0.2) is 0 Å². The van der Waals surface area contributed by atoms with E-state index in [1.807, 2.05) is 0 Å². The van der Waals surface area contributed by atoms with Crippen molar-refractivity contribution in [3.63, 3.8) is 0 Å². The van der Waals surface area contributed by atoms with Crippen molar-refractivity contribution in [3.8, 4) is 0 Å². The molecule has 2 aliphatic carbocycles. The Labute approximate surface area is 68.8 Å². The van der Waals surface area contributed by atoms with Crippen LogP contribution >= 0.6 is 0 Å². The van der Waals surface area contributed by atoms with Gasteiger partial charge in [-0.05, 0) is 39.0 Å². The SMILES string of the molecule is CC(C)N1CC23CC2CCC13. The molecule has 0 aromatic carbocycles. The van der Waals surface area contributed by atoms with E-state index in [4.69, 9.17) is 0 Å². The summed E-state index contributed by atoms with van der Waals surface area (Å²) >= 11 is 0. The van der Waals surface area contributed by atoms with Gasteiger partial charge in [0.05, 0.1) is 0 Å². The Morgan fingerprint density at radius 3 is 2.73 bits per heavy atom. The minimum atomic E-state index is 0.796. The van der Waals surface area contributed by atoms with E-state index in [1.165, 1.54) is 19.4 Å². The Kier molecular flexibility index (Phi) is 0.976. The van der Waals surface area contributed by atoms with Crippen LogP contribution in [0.25, 0.3) is 0 Å². The average Bonchev–Trinajstić information content (AvgIpc) is 2.54. The van der Waals surface area contributed by atoms with Gasteiger partial charge in [-0.15, -0.1) is 0 Å². The van der Waals surface area contributed by atoms with Crippen LogP contribution in [0.2, 0.25) is 0 Å². The third-order valence-corrected chi connectivity index (χ3v) is 4.27. The summed E-state index contributed by atoms with van der Waals surface area (Å²) in [5.74, 6) is 1.16. The van der Waals surface area contributed by atoms with Gasteiger partial charge in [0, 0.05) is 24.0 Å². The normalized spacial score (nSPS) is 53.7. The molecular weight excluding hydrogens is 134 g/mol. The molecule has 1 spiro atoms. The Morgan fingerprint density at radius 2 is 2.18 bits per heavy atom. The van der Waals surface area contributed by atoms with Gasteiger partial charge in [-0.25, -0.2) is 0 Å².